The van der Waals surface area contributed by atoms with Crippen LogP contribution in [0.5, 0.6) is 0 Å². The maximum atomic E-state index is 10.8. The first-order chi connectivity index (χ1) is 5.41. The minimum Gasteiger partial charge on any atom is -0.398 e. The molecule has 0 bridgehead atoms. The Hall–Kier alpha value is 1.61. The average molecular weight is 270 g/mol. The van der Waals surface area contributed by atoms with Gasteiger partial charge in [-0.15, -0.1) is 12.6 Å². The van der Waals surface area contributed by atoms with Gasteiger partial charge in [-0.05, 0) is 18.2 Å². The number of anilines is 1. The Bertz CT molecular complexity index is 410. The molecule has 0 amide bonds. The van der Waals surface area contributed by atoms with Crippen molar-refractivity contribution in [1.29, 1.82) is 0 Å². The van der Waals surface area contributed by atoms with E-state index in [0.717, 1.165) is 0 Å². The van der Waals surface area contributed by atoms with Crippen LogP contribution >= 0.6 is 23.3 Å². The number of nitrogen functional groups attached to an aromatic ring is 1. The molecule has 0 aliphatic rings. The van der Waals surface area contributed by atoms with Gasteiger partial charge in [0.15, 0.2) is 0 Å². The van der Waals surface area contributed by atoms with E-state index in [1.807, 2.05) is 0 Å². The van der Waals surface area contributed by atoms with Crippen LogP contribution in [-0.4, -0.2) is 67.5 Å². The van der Waals surface area contributed by atoms with Crippen molar-refractivity contribution in [2.24, 2.45) is 0 Å². The van der Waals surface area contributed by atoms with E-state index in [2.05, 4.69) is 12.6 Å². The molecule has 0 aliphatic carbocycles. The molecule has 2 N–H and O–H groups in total. The molecule has 14 heavy (non-hydrogen) atoms. The summed E-state index contributed by atoms with van der Waals surface area (Å²) in [5, 5.41) is 0. The first-order valence-electron chi connectivity index (χ1n) is 2.94. The summed E-state index contributed by atoms with van der Waals surface area (Å²) in [4.78, 5) is 0.513. The van der Waals surface area contributed by atoms with Crippen molar-refractivity contribution in [3.8, 4) is 0 Å². The number of benzene rings is 1. The Morgan fingerprint density at radius 3 is 2.14 bits per heavy atom. The van der Waals surface area contributed by atoms with Crippen molar-refractivity contribution < 1.29 is 8.42 Å². The van der Waals surface area contributed by atoms with Crippen LogP contribution in [-0.2, 0) is 9.05 Å². The second kappa shape index (κ2) is 7.04. The van der Waals surface area contributed by atoms with Crippen LogP contribution in [0.25, 0.3) is 0 Å². The number of rotatable bonds is 1. The molecule has 0 unspecified atom stereocenters. The second-order valence-electron chi connectivity index (χ2n) is 2.16. The van der Waals surface area contributed by atoms with Gasteiger partial charge in [-0.1, -0.05) is 0 Å². The second-order valence-corrected chi connectivity index (χ2v) is 5.21. The summed E-state index contributed by atoms with van der Waals surface area (Å²) in [6.07, 6.45) is 0. The first-order valence-corrected chi connectivity index (χ1v) is 5.70. The molecule has 0 saturated heterocycles. The molecule has 0 heterocycles. The van der Waals surface area contributed by atoms with Gasteiger partial charge in [-0.25, -0.2) is 8.42 Å². The smallest absolute Gasteiger partial charge is 0.261 e. The third kappa shape index (κ3) is 5.09. The molecule has 0 saturated carbocycles. The molecule has 0 atom stereocenters. The van der Waals surface area contributed by atoms with Gasteiger partial charge in [0, 0.05) is 80.4 Å². The summed E-state index contributed by atoms with van der Waals surface area (Å²) in [5.41, 5.74) is 5.71. The quantitative estimate of drug-likeness (QED) is 0.342. The molecule has 3 nitrogen and oxygen atoms in total. The van der Waals surface area contributed by atoms with Crippen molar-refractivity contribution in [3.05, 3.63) is 18.2 Å². The van der Waals surface area contributed by atoms with Gasteiger partial charge in [0.1, 0.15) is 0 Å². The van der Waals surface area contributed by atoms with E-state index in [0.29, 0.717) is 10.6 Å². The third-order valence-electron chi connectivity index (χ3n) is 1.28. The van der Waals surface area contributed by atoms with E-state index in [-0.39, 0.29) is 64.0 Å². The maximum absolute atomic E-state index is 10.8. The van der Waals surface area contributed by atoms with E-state index in [1.165, 1.54) is 18.2 Å². The van der Waals surface area contributed by atoms with E-state index in [9.17, 15) is 8.42 Å². The van der Waals surface area contributed by atoms with Crippen LogP contribution in [0.3, 0.4) is 0 Å². The molecule has 1 aromatic carbocycles. The monoisotopic (exact) mass is 269 g/mol. The van der Waals surface area contributed by atoms with Gasteiger partial charge in [-0.3, -0.25) is 0 Å². The fraction of sp³-hybridized carbons (Fsp3) is 0. The number of hydrogen-bond acceptors (Lipinski definition) is 4. The summed E-state index contributed by atoms with van der Waals surface area (Å²) in [7, 11) is 1.39. The summed E-state index contributed by atoms with van der Waals surface area (Å²) in [6.45, 7) is 0. The van der Waals surface area contributed by atoms with Gasteiger partial charge in [0.25, 0.3) is 9.05 Å². The van der Waals surface area contributed by atoms with Crippen molar-refractivity contribution in [1.82, 2.24) is 0 Å². The number of nitrogens with two attached hydrogens (primary N) is 1. The number of thiol groups is 1. The number of halogens is 1. The third-order valence-corrected chi connectivity index (χ3v) is 3.04. The van der Waals surface area contributed by atoms with E-state index < -0.39 is 9.05 Å². The molecular formula is C6H6ClNNa2O2S2. The molecule has 0 aromatic heterocycles. The predicted molar refractivity (Wildman–Crippen MR) is 62.7 cm³/mol. The molecule has 1 aromatic rings. The average Bonchev–Trinajstić information content (AvgIpc) is 1.92. The molecular weight excluding hydrogens is 264 g/mol. The molecule has 0 aliphatic heterocycles. The van der Waals surface area contributed by atoms with Crippen LogP contribution < -0.4 is 5.73 Å². The van der Waals surface area contributed by atoms with Crippen LogP contribution in [0, 0.1) is 0 Å². The first kappa shape index (κ1) is 18.0. The molecule has 0 spiro atoms. The molecule has 8 heteroatoms. The zero-order chi connectivity index (χ0) is 9.35. The summed E-state index contributed by atoms with van der Waals surface area (Å²) in [6, 6.07) is 4.10. The fourth-order valence-electron chi connectivity index (χ4n) is 0.684. The van der Waals surface area contributed by atoms with Gasteiger partial charge < -0.3 is 5.73 Å². The van der Waals surface area contributed by atoms with Crippen LogP contribution in [0.1, 0.15) is 0 Å². The normalized spacial score (nSPS) is 9.86. The minimum atomic E-state index is -3.68. The Morgan fingerprint density at radius 2 is 1.79 bits per heavy atom. The van der Waals surface area contributed by atoms with Crippen LogP contribution in [0.4, 0.5) is 5.69 Å². The summed E-state index contributed by atoms with van der Waals surface area (Å²) < 4.78 is 21.6. The van der Waals surface area contributed by atoms with Gasteiger partial charge in [0.2, 0.25) is 0 Å². The van der Waals surface area contributed by atoms with Crippen LogP contribution in [0.2, 0.25) is 0 Å². The van der Waals surface area contributed by atoms with E-state index in [1.54, 1.807) is 0 Å². The van der Waals surface area contributed by atoms with Gasteiger partial charge in [-0.2, -0.15) is 0 Å². The molecule has 68 valence electrons. The largest absolute Gasteiger partial charge is 0.398 e. The van der Waals surface area contributed by atoms with Gasteiger partial charge in [0.05, 0.1) is 4.90 Å². The fourth-order valence-corrected chi connectivity index (χ4v) is 1.61. The topological polar surface area (TPSA) is 60.2 Å². The predicted octanol–water partition coefficient (Wildman–Crippen LogP) is 0.723. The van der Waals surface area contributed by atoms with Crippen molar-refractivity contribution in [3.63, 3.8) is 0 Å². The van der Waals surface area contributed by atoms with Crippen molar-refractivity contribution in [2.75, 3.05) is 5.73 Å². The molecule has 1 rings (SSSR count). The van der Waals surface area contributed by atoms with E-state index in [4.69, 9.17) is 16.4 Å². The summed E-state index contributed by atoms with van der Waals surface area (Å²) in [5.74, 6) is 0. The maximum Gasteiger partial charge on any atom is 0.261 e. The van der Waals surface area contributed by atoms with Gasteiger partial charge >= 0.3 is 0 Å². The zero-order valence-corrected chi connectivity index (χ0v) is 14.3. The Kier molecular flexibility index (Phi) is 9.04. The summed E-state index contributed by atoms with van der Waals surface area (Å²) >= 11 is 3.98. The zero-order valence-electron chi connectivity index (χ0n) is 7.86. The standard InChI is InChI=1S/C6H6ClNO2S2.2Na/c7-12(9,10)4-1-2-6(11)5(8)3-4;;/h1-3,11H,8H2;;. The van der Waals surface area contributed by atoms with E-state index >= 15 is 0 Å². The van der Waals surface area contributed by atoms with Crippen molar-refractivity contribution >= 4 is 97.2 Å². The number of hydrogen-bond donors (Lipinski definition) is 2. The van der Waals surface area contributed by atoms with Crippen molar-refractivity contribution in [2.45, 2.75) is 9.79 Å². The Labute approximate surface area is 137 Å². The molecule has 2 radical (unpaired) electrons. The SMILES string of the molecule is Nc1cc(S(=O)(=O)Cl)ccc1S.[Na].[Na]. The van der Waals surface area contributed by atoms with Crippen LogP contribution in [0.15, 0.2) is 28.0 Å². The minimum absolute atomic E-state index is 0. The Morgan fingerprint density at radius 1 is 1.29 bits per heavy atom. The Balaban J connectivity index is 0. The molecule has 0 fully saturated rings.